The molecule has 11 rings (SSSR count). The largest absolute Gasteiger partial charge is 0.309 e. The molecule has 0 saturated heterocycles. The predicted octanol–water partition coefficient (Wildman–Crippen LogP) is 16.6. The molecule has 0 aliphatic heterocycles. The summed E-state index contributed by atoms with van der Waals surface area (Å²) in [6.45, 7) is 0. The van der Waals surface area contributed by atoms with E-state index in [9.17, 15) is 0 Å². The first-order valence-electron chi connectivity index (χ1n) is 19.3. The summed E-state index contributed by atoms with van der Waals surface area (Å²) in [5, 5.41) is 5.21. The molecular weight excluding hydrogens is 727 g/mol. The van der Waals surface area contributed by atoms with Gasteiger partial charge in [0.25, 0.3) is 0 Å². The monoisotopic (exact) mass is 761 g/mol. The van der Waals surface area contributed by atoms with Crippen LogP contribution in [0.1, 0.15) is 0 Å². The number of nitrogens with zero attached hydrogens (tertiary/aromatic N) is 1. The first kappa shape index (κ1) is 33.5. The van der Waals surface area contributed by atoms with Crippen LogP contribution >= 0.6 is 22.7 Å². The fourth-order valence-corrected chi connectivity index (χ4v) is 10.9. The minimum atomic E-state index is 1.10. The van der Waals surface area contributed by atoms with Crippen molar-refractivity contribution in [1.29, 1.82) is 0 Å². The lowest BCUT2D eigenvalue weighted by atomic mass is 9.96. The van der Waals surface area contributed by atoms with Crippen LogP contribution < -0.4 is 4.90 Å². The standard InChI is InChI=1S/C54H35NS2/c1-2-15-36(16-3-1)38-17-12-18-39(35-38)37-31-33-40(34-32-37)55(49-27-8-4-19-41(49)45-23-13-25-47-43-21-6-10-29-51(43)56-53(45)47)50-28-9-5-20-42(50)46-24-14-26-48-44-22-7-11-30-52(44)57-54(46)48/h1-35H. The van der Waals surface area contributed by atoms with Crippen molar-refractivity contribution in [1.82, 2.24) is 0 Å². The third kappa shape index (κ3) is 5.83. The van der Waals surface area contributed by atoms with Gasteiger partial charge in [0.2, 0.25) is 0 Å². The quantitative estimate of drug-likeness (QED) is 0.156. The maximum atomic E-state index is 2.48. The third-order valence-corrected chi connectivity index (χ3v) is 13.5. The molecule has 0 spiro atoms. The van der Waals surface area contributed by atoms with Crippen LogP contribution in [0.4, 0.5) is 17.1 Å². The summed E-state index contributed by atoms with van der Waals surface area (Å²) in [7, 11) is 0. The molecule has 11 aromatic rings. The number of thiophene rings is 2. The predicted molar refractivity (Wildman–Crippen MR) is 249 cm³/mol. The lowest BCUT2D eigenvalue weighted by molar-refractivity contribution is 1.29. The van der Waals surface area contributed by atoms with E-state index in [-0.39, 0.29) is 0 Å². The number of hydrogen-bond donors (Lipinski definition) is 0. The molecule has 2 heterocycles. The Morgan fingerprint density at radius 2 is 0.684 bits per heavy atom. The fraction of sp³-hybridized carbons (Fsp3) is 0. The van der Waals surface area contributed by atoms with E-state index in [1.54, 1.807) is 0 Å². The van der Waals surface area contributed by atoms with Crippen molar-refractivity contribution in [3.05, 3.63) is 212 Å². The molecule has 0 radical (unpaired) electrons. The van der Waals surface area contributed by atoms with Gasteiger partial charge in [0.05, 0.1) is 11.4 Å². The van der Waals surface area contributed by atoms with E-state index < -0.39 is 0 Å². The summed E-state index contributed by atoms with van der Waals surface area (Å²) in [4.78, 5) is 2.48. The van der Waals surface area contributed by atoms with Crippen LogP contribution in [0, 0.1) is 0 Å². The molecule has 0 atom stereocenters. The van der Waals surface area contributed by atoms with Gasteiger partial charge in [-0.2, -0.15) is 0 Å². The van der Waals surface area contributed by atoms with Crippen LogP contribution in [0.15, 0.2) is 212 Å². The normalized spacial score (nSPS) is 11.5. The number of fused-ring (bicyclic) bond motifs is 6. The molecule has 0 aliphatic rings. The first-order valence-corrected chi connectivity index (χ1v) is 21.0. The van der Waals surface area contributed by atoms with E-state index >= 15 is 0 Å². The molecule has 3 heteroatoms. The molecule has 57 heavy (non-hydrogen) atoms. The van der Waals surface area contributed by atoms with Crippen LogP contribution in [0.5, 0.6) is 0 Å². The number of hydrogen-bond acceptors (Lipinski definition) is 3. The van der Waals surface area contributed by atoms with Gasteiger partial charge in [0, 0.05) is 68.3 Å². The van der Waals surface area contributed by atoms with Gasteiger partial charge in [-0.3, -0.25) is 0 Å². The molecule has 1 nitrogen and oxygen atoms in total. The van der Waals surface area contributed by atoms with Crippen molar-refractivity contribution < 1.29 is 0 Å². The van der Waals surface area contributed by atoms with Crippen LogP contribution in [0.3, 0.4) is 0 Å². The van der Waals surface area contributed by atoms with Gasteiger partial charge >= 0.3 is 0 Å². The minimum absolute atomic E-state index is 1.10. The molecule has 0 fully saturated rings. The van der Waals surface area contributed by atoms with Gasteiger partial charge < -0.3 is 4.90 Å². The van der Waals surface area contributed by atoms with Gasteiger partial charge in [-0.25, -0.2) is 0 Å². The average Bonchev–Trinajstić information content (AvgIpc) is 3.87. The second kappa shape index (κ2) is 14.1. The Bertz CT molecular complexity index is 3090. The third-order valence-electron chi connectivity index (χ3n) is 11.1. The molecule has 268 valence electrons. The molecule has 0 amide bonds. The van der Waals surface area contributed by atoms with Crippen molar-refractivity contribution >= 4 is 80.1 Å². The Balaban J connectivity index is 1.12. The molecular formula is C54H35NS2. The second-order valence-electron chi connectivity index (χ2n) is 14.4. The molecule has 0 unspecified atom stereocenters. The van der Waals surface area contributed by atoms with Gasteiger partial charge in [0.15, 0.2) is 0 Å². The number of benzene rings is 9. The van der Waals surface area contributed by atoms with E-state index in [1.807, 2.05) is 22.7 Å². The Labute approximate surface area is 340 Å². The Morgan fingerprint density at radius 1 is 0.281 bits per heavy atom. The molecule has 0 bridgehead atoms. The van der Waals surface area contributed by atoms with Gasteiger partial charge in [-0.15, -0.1) is 22.7 Å². The number of rotatable bonds is 7. The van der Waals surface area contributed by atoms with E-state index in [1.165, 1.54) is 84.9 Å². The van der Waals surface area contributed by atoms with Crippen molar-refractivity contribution in [3.63, 3.8) is 0 Å². The maximum absolute atomic E-state index is 2.48. The zero-order valence-electron chi connectivity index (χ0n) is 31.0. The summed E-state index contributed by atoms with van der Waals surface area (Å²) in [6.07, 6.45) is 0. The molecule has 2 aromatic heterocycles. The number of anilines is 3. The highest BCUT2D eigenvalue weighted by Gasteiger charge is 2.23. The highest BCUT2D eigenvalue weighted by molar-refractivity contribution is 7.26. The molecule has 0 N–H and O–H groups in total. The first-order chi connectivity index (χ1) is 28.3. The average molecular weight is 762 g/mol. The fourth-order valence-electron chi connectivity index (χ4n) is 8.43. The summed E-state index contributed by atoms with van der Waals surface area (Å²) in [5.74, 6) is 0. The van der Waals surface area contributed by atoms with E-state index in [2.05, 4.69) is 217 Å². The van der Waals surface area contributed by atoms with E-state index in [4.69, 9.17) is 0 Å². The van der Waals surface area contributed by atoms with Crippen LogP contribution in [0.25, 0.3) is 84.9 Å². The van der Waals surface area contributed by atoms with Crippen LogP contribution in [-0.2, 0) is 0 Å². The summed E-state index contributed by atoms with van der Waals surface area (Å²) >= 11 is 3.76. The zero-order valence-corrected chi connectivity index (χ0v) is 32.6. The van der Waals surface area contributed by atoms with Crippen molar-refractivity contribution in [2.24, 2.45) is 0 Å². The van der Waals surface area contributed by atoms with Crippen molar-refractivity contribution in [2.45, 2.75) is 0 Å². The summed E-state index contributed by atoms with van der Waals surface area (Å²) < 4.78 is 5.23. The van der Waals surface area contributed by atoms with E-state index in [0.29, 0.717) is 0 Å². The summed E-state index contributed by atoms with van der Waals surface area (Å²) in [6, 6.07) is 77.6. The highest BCUT2D eigenvalue weighted by Crippen LogP contribution is 2.49. The van der Waals surface area contributed by atoms with Crippen LogP contribution in [-0.4, -0.2) is 0 Å². The number of para-hydroxylation sites is 2. The van der Waals surface area contributed by atoms with Crippen molar-refractivity contribution in [2.75, 3.05) is 4.90 Å². The summed E-state index contributed by atoms with van der Waals surface area (Å²) in [5.41, 5.74) is 13.1. The van der Waals surface area contributed by atoms with Gasteiger partial charge in [-0.05, 0) is 64.7 Å². The molecule has 9 aromatic carbocycles. The van der Waals surface area contributed by atoms with Crippen molar-refractivity contribution in [3.8, 4) is 44.5 Å². The SMILES string of the molecule is c1ccc(-c2cccc(-c3ccc(N(c4ccccc4-c4cccc5c4sc4ccccc45)c4ccccc4-c4cccc5c4sc4ccccc45)cc3)c2)cc1. The second-order valence-corrected chi connectivity index (χ2v) is 16.5. The lowest BCUT2D eigenvalue weighted by Crippen LogP contribution is -2.12. The Morgan fingerprint density at radius 3 is 1.25 bits per heavy atom. The van der Waals surface area contributed by atoms with Crippen LogP contribution in [0.2, 0.25) is 0 Å². The van der Waals surface area contributed by atoms with E-state index in [0.717, 1.165) is 17.1 Å². The molecule has 0 saturated carbocycles. The Hall–Kier alpha value is -6.78. The van der Waals surface area contributed by atoms with Gasteiger partial charge in [-0.1, -0.05) is 170 Å². The molecule has 0 aliphatic carbocycles. The zero-order chi connectivity index (χ0) is 37.7. The minimum Gasteiger partial charge on any atom is -0.309 e. The maximum Gasteiger partial charge on any atom is 0.0540 e. The highest BCUT2D eigenvalue weighted by atomic mass is 32.1. The lowest BCUT2D eigenvalue weighted by Gasteiger charge is -2.30. The topological polar surface area (TPSA) is 3.24 Å². The Kier molecular flexibility index (Phi) is 8.28. The van der Waals surface area contributed by atoms with Gasteiger partial charge in [0.1, 0.15) is 0 Å². The smallest absolute Gasteiger partial charge is 0.0540 e.